The van der Waals surface area contributed by atoms with Crippen LogP contribution < -0.4 is 0 Å². The third-order valence-electron chi connectivity index (χ3n) is 1.77. The van der Waals surface area contributed by atoms with Gasteiger partial charge in [0.1, 0.15) is 0 Å². The molecule has 0 saturated carbocycles. The van der Waals surface area contributed by atoms with Gasteiger partial charge in [-0.1, -0.05) is 30.4 Å². The van der Waals surface area contributed by atoms with Gasteiger partial charge < -0.3 is 4.57 Å². The van der Waals surface area contributed by atoms with Gasteiger partial charge in [-0.05, 0) is 32.4 Å². The maximum atomic E-state index is 3.58. The summed E-state index contributed by atoms with van der Waals surface area (Å²) in [6.07, 6.45) is 15.0. The lowest BCUT2D eigenvalue weighted by molar-refractivity contribution is 0.769. The van der Waals surface area contributed by atoms with Crippen LogP contribution in [0.3, 0.4) is 0 Å². The summed E-state index contributed by atoms with van der Waals surface area (Å²) in [7, 11) is 0. The van der Waals surface area contributed by atoms with Crippen molar-refractivity contribution in [1.29, 1.82) is 0 Å². The van der Waals surface area contributed by atoms with Crippen molar-refractivity contribution >= 4 is 0 Å². The summed E-state index contributed by atoms with van der Waals surface area (Å²) in [5.41, 5.74) is 0. The predicted octanol–water partition coefficient (Wildman–Crippen LogP) is 4.20. The van der Waals surface area contributed by atoms with Crippen LogP contribution in [0.25, 0.3) is 0 Å². The Balaban J connectivity index is 0.000000262. The monoisotopic (exact) mass is 203 g/mol. The van der Waals surface area contributed by atoms with Gasteiger partial charge in [-0.25, -0.2) is 0 Å². The van der Waals surface area contributed by atoms with E-state index in [1.807, 2.05) is 43.4 Å². The third kappa shape index (κ3) is 8.82. The molecule has 0 aromatic carbocycles. The number of rotatable bonds is 4. The minimum atomic E-state index is 0.963. The molecule has 1 aromatic heterocycles. The molecule has 1 heteroatoms. The highest BCUT2D eigenvalue weighted by Gasteiger charge is 1.75. The predicted molar refractivity (Wildman–Crippen MR) is 68.9 cm³/mol. The molecule has 0 atom stereocenters. The zero-order chi connectivity index (χ0) is 11.4. The summed E-state index contributed by atoms with van der Waals surface area (Å²) >= 11 is 0. The fraction of sp³-hybridized carbons (Fsp3) is 0.286. The highest BCUT2D eigenvalue weighted by molar-refractivity contribution is 5.02. The zero-order valence-electron chi connectivity index (χ0n) is 9.76. The molecule has 0 unspecified atom stereocenters. The van der Waals surface area contributed by atoms with Crippen LogP contribution in [0.2, 0.25) is 0 Å². The lowest BCUT2D eigenvalue weighted by Crippen LogP contribution is -1.85. The molecule has 0 saturated heterocycles. The van der Waals surface area contributed by atoms with Gasteiger partial charge in [0.25, 0.3) is 0 Å². The van der Waals surface area contributed by atoms with Crippen LogP contribution in [0.15, 0.2) is 61.5 Å². The average Bonchev–Trinajstić information content (AvgIpc) is 2.78. The Morgan fingerprint density at radius 1 is 1.20 bits per heavy atom. The molecule has 0 N–H and O–H groups in total. The van der Waals surface area contributed by atoms with Crippen LogP contribution >= 0.6 is 0 Å². The van der Waals surface area contributed by atoms with Gasteiger partial charge in [0.05, 0.1) is 0 Å². The van der Waals surface area contributed by atoms with Crippen molar-refractivity contribution in [2.75, 3.05) is 0 Å². The summed E-state index contributed by atoms with van der Waals surface area (Å²) in [6.45, 7) is 8.78. The van der Waals surface area contributed by atoms with Gasteiger partial charge in [-0.2, -0.15) is 0 Å². The summed E-state index contributed by atoms with van der Waals surface area (Å²) in [6, 6.07) is 4.06. The normalized spacial score (nSPS) is 10.3. The lowest BCUT2D eigenvalue weighted by atomic mass is 10.3. The van der Waals surface area contributed by atoms with Crippen molar-refractivity contribution in [3.8, 4) is 0 Å². The highest BCUT2D eigenvalue weighted by Crippen LogP contribution is 1.86. The van der Waals surface area contributed by atoms with Crippen LogP contribution in [0.5, 0.6) is 0 Å². The summed E-state index contributed by atoms with van der Waals surface area (Å²) < 4.78 is 2.12. The smallest absolute Gasteiger partial charge is 0.0191 e. The van der Waals surface area contributed by atoms with E-state index in [2.05, 4.69) is 36.5 Å². The first kappa shape index (κ1) is 13.5. The Bertz CT molecular complexity index is 278. The number of hydrogen-bond donors (Lipinski definition) is 0. The van der Waals surface area contributed by atoms with Gasteiger partial charge in [0, 0.05) is 18.9 Å². The van der Waals surface area contributed by atoms with Crippen molar-refractivity contribution in [3.05, 3.63) is 61.5 Å². The fourth-order valence-electron chi connectivity index (χ4n) is 0.945. The Hall–Kier alpha value is -1.50. The van der Waals surface area contributed by atoms with Crippen LogP contribution in [-0.2, 0) is 6.54 Å². The van der Waals surface area contributed by atoms with Crippen LogP contribution in [0.1, 0.15) is 20.3 Å². The molecule has 0 amide bonds. The molecule has 1 nitrogen and oxygen atoms in total. The van der Waals surface area contributed by atoms with Gasteiger partial charge in [0.15, 0.2) is 0 Å². The summed E-state index contributed by atoms with van der Waals surface area (Å²) in [4.78, 5) is 0. The molecule has 0 spiro atoms. The van der Waals surface area contributed by atoms with E-state index in [-0.39, 0.29) is 0 Å². The molecular weight excluding hydrogens is 182 g/mol. The SMILES string of the molecule is C=CCC=CC=CC.CCn1cccc1. The maximum Gasteiger partial charge on any atom is 0.0191 e. The van der Waals surface area contributed by atoms with Crippen LogP contribution in [0, 0.1) is 0 Å². The molecule has 0 bridgehead atoms. The van der Waals surface area contributed by atoms with Crippen molar-refractivity contribution in [2.24, 2.45) is 0 Å². The van der Waals surface area contributed by atoms with E-state index in [0.717, 1.165) is 13.0 Å². The third-order valence-corrected chi connectivity index (χ3v) is 1.77. The molecule has 0 aliphatic rings. The molecule has 1 aromatic rings. The molecule has 0 radical (unpaired) electrons. The first-order chi connectivity index (χ1) is 7.35. The van der Waals surface area contributed by atoms with Gasteiger partial charge >= 0.3 is 0 Å². The largest absolute Gasteiger partial charge is 0.355 e. The number of hydrogen-bond acceptors (Lipinski definition) is 0. The lowest BCUT2D eigenvalue weighted by Gasteiger charge is -1.89. The molecule has 15 heavy (non-hydrogen) atoms. The maximum absolute atomic E-state index is 3.58. The standard InChI is InChI=1S/C8H12.C6H9N/c1-3-5-7-8-6-4-2;1-2-7-5-3-4-6-7/h3-4,6-8H,1,5H2,2H3;3-6H,2H2,1H3. The Labute approximate surface area is 93.4 Å². The van der Waals surface area contributed by atoms with Crippen LogP contribution in [0.4, 0.5) is 0 Å². The van der Waals surface area contributed by atoms with Crippen molar-refractivity contribution in [3.63, 3.8) is 0 Å². The second kappa shape index (κ2) is 10.6. The second-order valence-corrected chi connectivity index (χ2v) is 2.99. The minimum absolute atomic E-state index is 0.963. The summed E-state index contributed by atoms with van der Waals surface area (Å²) in [5, 5.41) is 0. The van der Waals surface area contributed by atoms with E-state index in [0.29, 0.717) is 0 Å². The van der Waals surface area contributed by atoms with Crippen molar-refractivity contribution < 1.29 is 0 Å². The average molecular weight is 203 g/mol. The minimum Gasteiger partial charge on any atom is -0.355 e. The van der Waals surface area contributed by atoms with Crippen molar-refractivity contribution in [2.45, 2.75) is 26.8 Å². The number of allylic oxidation sites excluding steroid dienone is 5. The molecule has 0 fully saturated rings. The van der Waals surface area contributed by atoms with Gasteiger partial charge in [-0.15, -0.1) is 6.58 Å². The zero-order valence-corrected chi connectivity index (χ0v) is 9.76. The molecular formula is C14H21N. The van der Waals surface area contributed by atoms with E-state index >= 15 is 0 Å². The van der Waals surface area contributed by atoms with Gasteiger partial charge in [0.2, 0.25) is 0 Å². The van der Waals surface area contributed by atoms with E-state index in [4.69, 9.17) is 0 Å². The topological polar surface area (TPSA) is 4.93 Å². The van der Waals surface area contributed by atoms with E-state index in [1.165, 1.54) is 0 Å². The summed E-state index contributed by atoms with van der Waals surface area (Å²) in [5.74, 6) is 0. The Kier molecular flexibility index (Phi) is 9.52. The van der Waals surface area contributed by atoms with E-state index < -0.39 is 0 Å². The number of aromatic nitrogens is 1. The Morgan fingerprint density at radius 2 is 1.87 bits per heavy atom. The first-order valence-corrected chi connectivity index (χ1v) is 5.34. The van der Waals surface area contributed by atoms with E-state index in [9.17, 15) is 0 Å². The molecule has 82 valence electrons. The molecule has 0 aliphatic carbocycles. The molecule has 1 heterocycles. The quantitative estimate of drug-likeness (QED) is 0.510. The molecule has 1 rings (SSSR count). The molecule has 0 aliphatic heterocycles. The highest BCUT2D eigenvalue weighted by atomic mass is 14.9. The Morgan fingerprint density at radius 3 is 2.27 bits per heavy atom. The number of aryl methyl sites for hydroxylation is 1. The number of nitrogens with zero attached hydrogens (tertiary/aromatic N) is 1. The fourth-order valence-corrected chi connectivity index (χ4v) is 0.945. The van der Waals surface area contributed by atoms with Crippen LogP contribution in [-0.4, -0.2) is 4.57 Å². The van der Waals surface area contributed by atoms with Gasteiger partial charge in [-0.3, -0.25) is 0 Å². The van der Waals surface area contributed by atoms with E-state index in [1.54, 1.807) is 0 Å². The first-order valence-electron chi connectivity index (χ1n) is 5.34. The second-order valence-electron chi connectivity index (χ2n) is 2.99. The van der Waals surface area contributed by atoms with Crippen molar-refractivity contribution in [1.82, 2.24) is 4.57 Å².